The molecule has 0 fully saturated rings. The summed E-state index contributed by atoms with van der Waals surface area (Å²) in [5, 5.41) is 0.727. The Labute approximate surface area is 123 Å². The van der Waals surface area contributed by atoms with Gasteiger partial charge in [-0.15, -0.1) is 11.6 Å². The van der Waals surface area contributed by atoms with Crippen molar-refractivity contribution in [3.05, 3.63) is 29.0 Å². The fraction of sp³-hybridized carbons (Fsp3) is 0.500. The average Bonchev–Trinajstić information content (AvgIpc) is 2.73. The first kappa shape index (κ1) is 14.6. The lowest BCUT2D eigenvalue weighted by molar-refractivity contribution is 0.181. The Morgan fingerprint density at radius 3 is 2.89 bits per heavy atom. The maximum Gasteiger partial charge on any atom is 0.111 e. The number of nitrogens with zero attached hydrogens (tertiary/aromatic N) is 2. The Morgan fingerprint density at radius 1 is 1.42 bits per heavy atom. The van der Waals surface area contributed by atoms with E-state index >= 15 is 0 Å². The van der Waals surface area contributed by atoms with E-state index in [4.69, 9.17) is 27.9 Å². The second-order valence-electron chi connectivity index (χ2n) is 4.60. The van der Waals surface area contributed by atoms with Crippen LogP contribution in [0.5, 0.6) is 0 Å². The molecule has 0 aliphatic rings. The van der Waals surface area contributed by atoms with Gasteiger partial charge in [-0.05, 0) is 31.5 Å². The van der Waals surface area contributed by atoms with E-state index in [-0.39, 0.29) is 0 Å². The van der Waals surface area contributed by atoms with Crippen molar-refractivity contribution < 1.29 is 4.74 Å². The maximum absolute atomic E-state index is 6.09. The summed E-state index contributed by atoms with van der Waals surface area (Å²) < 4.78 is 7.39. The molecule has 2 aromatic rings. The van der Waals surface area contributed by atoms with Gasteiger partial charge in [-0.2, -0.15) is 0 Å². The van der Waals surface area contributed by atoms with Gasteiger partial charge in [0.1, 0.15) is 5.82 Å². The van der Waals surface area contributed by atoms with Gasteiger partial charge in [-0.3, -0.25) is 0 Å². The van der Waals surface area contributed by atoms with Crippen LogP contribution in [0, 0.1) is 0 Å². The molecule has 0 amide bonds. The first-order valence-corrected chi connectivity index (χ1v) is 7.30. The van der Waals surface area contributed by atoms with E-state index in [0.29, 0.717) is 11.9 Å². The normalized spacial score (nSPS) is 13.1. The van der Waals surface area contributed by atoms with Crippen LogP contribution in [0.25, 0.3) is 11.0 Å². The molecule has 1 atom stereocenters. The molecule has 1 heterocycles. The third-order valence-electron chi connectivity index (χ3n) is 3.22. The van der Waals surface area contributed by atoms with Crippen LogP contribution >= 0.6 is 23.2 Å². The standard InChI is InChI=1S/C14H18Cl2N2O/c1-10(6-8-19-2)18-13-9-11(16)3-4-12(13)17-14(18)5-7-15/h3-4,9-10H,5-8H2,1-2H3. The highest BCUT2D eigenvalue weighted by Crippen LogP contribution is 2.26. The van der Waals surface area contributed by atoms with Crippen LogP contribution in [0.3, 0.4) is 0 Å². The zero-order valence-electron chi connectivity index (χ0n) is 11.2. The minimum Gasteiger partial charge on any atom is -0.385 e. The first-order chi connectivity index (χ1) is 9.17. The van der Waals surface area contributed by atoms with E-state index in [9.17, 15) is 0 Å². The molecular formula is C14H18Cl2N2O. The van der Waals surface area contributed by atoms with Crippen molar-refractivity contribution in [1.82, 2.24) is 9.55 Å². The molecule has 104 valence electrons. The molecule has 0 aliphatic heterocycles. The number of hydrogen-bond donors (Lipinski definition) is 0. The minimum absolute atomic E-state index is 0.307. The third kappa shape index (κ3) is 3.22. The predicted molar refractivity (Wildman–Crippen MR) is 80.4 cm³/mol. The number of methoxy groups -OCH3 is 1. The largest absolute Gasteiger partial charge is 0.385 e. The third-order valence-corrected chi connectivity index (χ3v) is 3.65. The highest BCUT2D eigenvalue weighted by atomic mass is 35.5. The van der Waals surface area contributed by atoms with Crippen molar-refractivity contribution in [2.75, 3.05) is 19.6 Å². The number of hydrogen-bond acceptors (Lipinski definition) is 2. The molecule has 0 saturated carbocycles. The molecule has 2 rings (SSSR count). The summed E-state index contributed by atoms with van der Waals surface area (Å²) >= 11 is 12.0. The lowest BCUT2D eigenvalue weighted by Gasteiger charge is -2.17. The molecule has 0 radical (unpaired) electrons. The Kier molecular flexibility index (Phi) is 5.08. The smallest absolute Gasteiger partial charge is 0.111 e. The van der Waals surface area contributed by atoms with Gasteiger partial charge < -0.3 is 9.30 Å². The maximum atomic E-state index is 6.09. The van der Waals surface area contributed by atoms with Gasteiger partial charge in [0.15, 0.2) is 0 Å². The Bertz CT molecular complexity index is 554. The monoisotopic (exact) mass is 300 g/mol. The summed E-state index contributed by atoms with van der Waals surface area (Å²) in [7, 11) is 1.72. The first-order valence-electron chi connectivity index (χ1n) is 6.38. The SMILES string of the molecule is COCCC(C)n1c(CCCl)nc2ccc(Cl)cc21. The van der Waals surface area contributed by atoms with Crippen LogP contribution in [0.15, 0.2) is 18.2 Å². The van der Waals surface area contributed by atoms with E-state index < -0.39 is 0 Å². The highest BCUT2D eigenvalue weighted by molar-refractivity contribution is 6.31. The van der Waals surface area contributed by atoms with Gasteiger partial charge in [-0.1, -0.05) is 11.6 Å². The van der Waals surface area contributed by atoms with Crippen molar-refractivity contribution in [3.63, 3.8) is 0 Å². The Hall–Kier alpha value is -0.770. The zero-order chi connectivity index (χ0) is 13.8. The number of ether oxygens (including phenoxy) is 1. The number of halogens is 2. The minimum atomic E-state index is 0.307. The van der Waals surface area contributed by atoms with Crippen molar-refractivity contribution >= 4 is 34.2 Å². The van der Waals surface area contributed by atoms with Crippen LogP contribution < -0.4 is 0 Å². The fourth-order valence-electron chi connectivity index (χ4n) is 2.29. The summed E-state index contributed by atoms with van der Waals surface area (Å²) in [4.78, 5) is 4.65. The number of fused-ring (bicyclic) bond motifs is 1. The molecule has 0 aliphatic carbocycles. The summed E-state index contributed by atoms with van der Waals surface area (Å²) in [5.74, 6) is 1.57. The van der Waals surface area contributed by atoms with Gasteiger partial charge >= 0.3 is 0 Å². The summed E-state index contributed by atoms with van der Waals surface area (Å²) in [6.07, 6.45) is 1.69. The molecule has 0 saturated heterocycles. The summed E-state index contributed by atoms with van der Waals surface area (Å²) in [6, 6.07) is 6.09. The number of benzene rings is 1. The predicted octanol–water partition coefficient (Wildman–Crippen LogP) is 4.07. The second kappa shape index (κ2) is 6.60. The van der Waals surface area contributed by atoms with Crippen LogP contribution in [0.1, 0.15) is 25.2 Å². The van der Waals surface area contributed by atoms with Gasteiger partial charge in [0.2, 0.25) is 0 Å². The Balaban J connectivity index is 2.46. The van der Waals surface area contributed by atoms with E-state index in [1.807, 2.05) is 18.2 Å². The average molecular weight is 301 g/mol. The van der Waals surface area contributed by atoms with E-state index in [1.165, 1.54) is 0 Å². The molecule has 5 heteroatoms. The molecule has 3 nitrogen and oxygen atoms in total. The van der Waals surface area contributed by atoms with Crippen molar-refractivity contribution in [3.8, 4) is 0 Å². The number of aryl methyl sites for hydroxylation is 1. The van der Waals surface area contributed by atoms with Crippen LogP contribution in [0.2, 0.25) is 5.02 Å². The van der Waals surface area contributed by atoms with Crippen molar-refractivity contribution in [1.29, 1.82) is 0 Å². The van der Waals surface area contributed by atoms with Crippen molar-refractivity contribution in [2.45, 2.75) is 25.8 Å². The van der Waals surface area contributed by atoms with Crippen LogP contribution in [-0.2, 0) is 11.2 Å². The quantitative estimate of drug-likeness (QED) is 0.752. The molecule has 0 bridgehead atoms. The fourth-order valence-corrected chi connectivity index (χ4v) is 2.62. The summed E-state index contributed by atoms with van der Waals surface area (Å²) in [5.41, 5.74) is 2.03. The van der Waals surface area contributed by atoms with Gasteiger partial charge in [0.25, 0.3) is 0 Å². The highest BCUT2D eigenvalue weighted by Gasteiger charge is 2.15. The van der Waals surface area contributed by atoms with Crippen molar-refractivity contribution in [2.24, 2.45) is 0 Å². The van der Waals surface area contributed by atoms with E-state index in [2.05, 4.69) is 16.5 Å². The van der Waals surface area contributed by atoms with E-state index in [1.54, 1.807) is 7.11 Å². The number of alkyl halides is 1. The number of imidazole rings is 1. The number of aromatic nitrogens is 2. The lowest BCUT2D eigenvalue weighted by Crippen LogP contribution is -2.12. The molecule has 1 aromatic carbocycles. The lowest BCUT2D eigenvalue weighted by atomic mass is 10.2. The van der Waals surface area contributed by atoms with Gasteiger partial charge in [0, 0.05) is 37.1 Å². The van der Waals surface area contributed by atoms with Gasteiger partial charge in [0.05, 0.1) is 11.0 Å². The molecular weight excluding hydrogens is 283 g/mol. The molecule has 19 heavy (non-hydrogen) atoms. The number of rotatable bonds is 6. The summed E-state index contributed by atoms with van der Waals surface area (Å²) in [6.45, 7) is 2.89. The molecule has 1 aromatic heterocycles. The second-order valence-corrected chi connectivity index (χ2v) is 5.41. The molecule has 0 spiro atoms. The Morgan fingerprint density at radius 2 is 2.21 bits per heavy atom. The van der Waals surface area contributed by atoms with Crippen LogP contribution in [0.4, 0.5) is 0 Å². The van der Waals surface area contributed by atoms with Gasteiger partial charge in [-0.25, -0.2) is 4.98 Å². The molecule has 1 unspecified atom stereocenters. The molecule has 0 N–H and O–H groups in total. The zero-order valence-corrected chi connectivity index (χ0v) is 12.7. The van der Waals surface area contributed by atoms with Crippen LogP contribution in [-0.4, -0.2) is 29.1 Å². The topological polar surface area (TPSA) is 27.1 Å². The van der Waals surface area contributed by atoms with E-state index in [0.717, 1.165) is 41.3 Å².